The van der Waals surface area contributed by atoms with Crippen molar-refractivity contribution >= 4 is 66.1 Å². The third-order valence-corrected chi connectivity index (χ3v) is 12.6. The Bertz CT molecular complexity index is 1790. The third-order valence-electron chi connectivity index (χ3n) is 8.79. The summed E-state index contributed by atoms with van der Waals surface area (Å²) >= 11 is 15.8. The van der Waals surface area contributed by atoms with E-state index in [1.165, 1.54) is 32.0 Å². The molecule has 0 amide bonds. The van der Waals surface area contributed by atoms with Gasteiger partial charge in [-0.15, -0.1) is 34.3 Å². The number of β-amino-alcohol motifs (C(OH)–C–C–N with tert-alkyl or cyclic N) is 1. The Morgan fingerprint density at radius 1 is 0.608 bits per heavy atom. The predicted octanol–water partition coefficient (Wildman–Crippen LogP) is 11.2. The Labute approximate surface area is 331 Å². The number of halogens is 3. The number of hydrogen-bond donors (Lipinski definition) is 1. The molecular weight excluding hydrogens is 824 g/mol. The van der Waals surface area contributed by atoms with Crippen LogP contribution in [0.25, 0.3) is 0 Å². The quantitative estimate of drug-likeness (QED) is 0.139. The van der Waals surface area contributed by atoms with Crippen LogP contribution < -0.4 is 0 Å². The molecule has 51 heavy (non-hydrogen) atoms. The summed E-state index contributed by atoms with van der Waals surface area (Å²) in [5.41, 5.74) is 5.26. The van der Waals surface area contributed by atoms with Crippen molar-refractivity contribution in [2.24, 2.45) is 0 Å². The third kappa shape index (κ3) is 10.9. The molecule has 6 aromatic rings. The number of rotatable bonds is 10. The largest absolute Gasteiger partial charge is 0.390 e. The molecule has 0 atom stereocenters. The Morgan fingerprint density at radius 2 is 0.980 bits per heavy atom. The number of nitrogens with zero attached hydrogens (tertiary/aromatic N) is 2. The Balaban J connectivity index is 0.000000150. The van der Waals surface area contributed by atoms with Crippen molar-refractivity contribution in [1.29, 1.82) is 0 Å². The Kier molecular flexibility index (Phi) is 14.5. The average molecular weight is 865 g/mol. The fourth-order valence-corrected chi connectivity index (χ4v) is 9.24. The number of thiophene rings is 2. The van der Waals surface area contributed by atoms with Crippen molar-refractivity contribution in [2.75, 3.05) is 26.2 Å². The van der Waals surface area contributed by atoms with Gasteiger partial charge in [-0.2, -0.15) is 0 Å². The van der Waals surface area contributed by atoms with Crippen LogP contribution in [0.3, 0.4) is 0 Å². The molecule has 8 rings (SSSR count). The molecule has 0 radical (unpaired) electrons. The molecule has 2 aliphatic heterocycles. The van der Waals surface area contributed by atoms with Crippen molar-refractivity contribution < 1.29 is 9.84 Å². The van der Waals surface area contributed by atoms with E-state index in [2.05, 4.69) is 162 Å². The molecule has 2 aliphatic rings. The summed E-state index contributed by atoms with van der Waals surface area (Å²) in [7, 11) is 0. The highest BCUT2D eigenvalue weighted by Crippen LogP contribution is 2.34. The molecule has 9 heteroatoms. The number of hydrogen-bond acceptors (Lipinski definition) is 6. The first-order chi connectivity index (χ1) is 25.0. The normalized spacial score (nSPS) is 15.0. The van der Waals surface area contributed by atoms with E-state index in [9.17, 15) is 5.11 Å². The maximum Gasteiger partial charge on any atom is 0.0834 e. The highest BCUT2D eigenvalue weighted by Gasteiger charge is 2.35. The van der Waals surface area contributed by atoms with E-state index in [1.807, 2.05) is 23.6 Å². The van der Waals surface area contributed by atoms with Gasteiger partial charge in [0.05, 0.1) is 36.8 Å². The SMILES string of the molecule is Brc1csc(COC2CN(C(c3ccccc3)c3ccccc3)C2)c1.ClCc1cc(Br)cs1.OC1CN(C(c2ccccc2)c2ccccc2)C1. The van der Waals surface area contributed by atoms with Crippen molar-refractivity contribution in [3.63, 3.8) is 0 Å². The number of benzene rings is 4. The molecule has 1 N–H and O–H groups in total. The van der Waals surface area contributed by atoms with Crippen LogP contribution in [0.5, 0.6) is 0 Å². The highest BCUT2D eigenvalue weighted by atomic mass is 79.9. The van der Waals surface area contributed by atoms with Crippen molar-refractivity contribution in [2.45, 2.75) is 36.8 Å². The summed E-state index contributed by atoms with van der Waals surface area (Å²) < 4.78 is 8.34. The van der Waals surface area contributed by atoms with Gasteiger partial charge in [-0.25, -0.2) is 0 Å². The summed E-state index contributed by atoms with van der Waals surface area (Å²) in [6.45, 7) is 4.17. The first kappa shape index (κ1) is 38.1. The molecule has 0 spiro atoms. The number of alkyl halides is 1. The molecule has 2 aromatic heterocycles. The fraction of sp³-hybridized carbons (Fsp3) is 0.238. The maximum atomic E-state index is 9.52. The first-order valence-electron chi connectivity index (χ1n) is 17.0. The topological polar surface area (TPSA) is 35.9 Å². The van der Waals surface area contributed by atoms with Crippen LogP contribution in [-0.2, 0) is 17.2 Å². The van der Waals surface area contributed by atoms with Crippen LogP contribution in [0.4, 0.5) is 0 Å². The molecule has 2 fully saturated rings. The van der Waals surface area contributed by atoms with E-state index in [4.69, 9.17) is 16.3 Å². The molecule has 0 bridgehead atoms. The molecule has 4 nitrogen and oxygen atoms in total. The van der Waals surface area contributed by atoms with Gasteiger partial charge in [-0.05, 0) is 66.2 Å². The monoisotopic (exact) mass is 862 g/mol. The molecule has 2 saturated heterocycles. The number of ether oxygens (including phenoxy) is 1. The van der Waals surface area contributed by atoms with Crippen molar-refractivity contribution in [3.05, 3.63) is 185 Å². The zero-order valence-electron chi connectivity index (χ0n) is 28.1. The summed E-state index contributed by atoms with van der Waals surface area (Å²) in [4.78, 5) is 7.29. The second kappa shape index (κ2) is 19.4. The summed E-state index contributed by atoms with van der Waals surface area (Å²) in [5, 5.41) is 13.6. The van der Waals surface area contributed by atoms with Gasteiger partial charge >= 0.3 is 0 Å². The molecular formula is C42H41Br2ClN2O2S2. The van der Waals surface area contributed by atoms with Crippen molar-refractivity contribution in [3.8, 4) is 0 Å². The molecule has 0 unspecified atom stereocenters. The lowest BCUT2D eigenvalue weighted by molar-refractivity contribution is -0.0733. The van der Waals surface area contributed by atoms with Crippen LogP contribution >= 0.6 is 66.1 Å². The van der Waals surface area contributed by atoms with Gasteiger partial charge in [0.1, 0.15) is 0 Å². The lowest BCUT2D eigenvalue weighted by Crippen LogP contribution is -2.53. The maximum absolute atomic E-state index is 9.52. The van der Waals surface area contributed by atoms with E-state index in [0.29, 0.717) is 24.6 Å². The highest BCUT2D eigenvalue weighted by molar-refractivity contribution is 9.10. The van der Waals surface area contributed by atoms with Gasteiger partial charge in [-0.3, -0.25) is 9.80 Å². The zero-order valence-corrected chi connectivity index (χ0v) is 33.7. The smallest absolute Gasteiger partial charge is 0.0834 e. The summed E-state index contributed by atoms with van der Waals surface area (Å²) in [6.07, 6.45) is 0.149. The number of aliphatic hydroxyl groups excluding tert-OH is 1. The van der Waals surface area contributed by atoms with E-state index in [1.54, 1.807) is 22.7 Å². The molecule has 264 valence electrons. The van der Waals surface area contributed by atoms with Gasteiger partial charge in [0.15, 0.2) is 0 Å². The fourth-order valence-electron chi connectivity index (χ4n) is 6.31. The lowest BCUT2D eigenvalue weighted by Gasteiger charge is -2.44. The van der Waals surface area contributed by atoms with Crippen LogP contribution in [0, 0.1) is 0 Å². The minimum Gasteiger partial charge on any atom is -0.390 e. The van der Waals surface area contributed by atoms with Gasteiger partial charge in [0, 0.05) is 55.6 Å². The Morgan fingerprint density at radius 3 is 1.29 bits per heavy atom. The van der Waals surface area contributed by atoms with Gasteiger partial charge in [0.2, 0.25) is 0 Å². The second-order valence-electron chi connectivity index (χ2n) is 12.5. The van der Waals surface area contributed by atoms with E-state index < -0.39 is 0 Å². The van der Waals surface area contributed by atoms with E-state index in [-0.39, 0.29) is 12.1 Å². The summed E-state index contributed by atoms with van der Waals surface area (Å²) in [6, 6.07) is 47.2. The van der Waals surface area contributed by atoms with Crippen molar-refractivity contribution in [1.82, 2.24) is 9.80 Å². The van der Waals surface area contributed by atoms with Crippen LogP contribution in [0.1, 0.15) is 44.1 Å². The van der Waals surface area contributed by atoms with Gasteiger partial charge < -0.3 is 9.84 Å². The molecule has 4 heterocycles. The Hall–Kier alpha value is -2.63. The van der Waals surface area contributed by atoms with E-state index >= 15 is 0 Å². The predicted molar refractivity (Wildman–Crippen MR) is 221 cm³/mol. The minimum atomic E-state index is -0.167. The molecule has 0 aliphatic carbocycles. The molecule has 4 aromatic carbocycles. The van der Waals surface area contributed by atoms with Crippen LogP contribution in [-0.4, -0.2) is 53.3 Å². The standard InChI is InChI=1S/C21H20BrNOS.C16H17NO.C5H4BrClS/c22-18-11-20(25-15-18)14-24-19-12-23(13-19)21(16-7-3-1-4-8-16)17-9-5-2-6-10-17;18-15-11-17(12-15)16(13-7-3-1-4-8-13)14-9-5-2-6-10-14;6-4-1-5(2-7)8-3-4/h1-11,15,19,21H,12-14H2;1-10,15-16,18H,11-12H2;1,3H,2H2. The zero-order chi connectivity index (χ0) is 35.4. The first-order valence-corrected chi connectivity index (χ1v) is 20.8. The minimum absolute atomic E-state index is 0.167. The van der Waals surface area contributed by atoms with Gasteiger partial charge in [-0.1, -0.05) is 121 Å². The number of likely N-dealkylation sites (tertiary alicyclic amines) is 2. The summed E-state index contributed by atoms with van der Waals surface area (Å²) in [5.74, 6) is 0.621. The average Bonchev–Trinajstić information content (AvgIpc) is 3.77. The van der Waals surface area contributed by atoms with Crippen LogP contribution in [0.15, 0.2) is 153 Å². The number of aliphatic hydroxyl groups is 1. The van der Waals surface area contributed by atoms with E-state index in [0.717, 1.165) is 35.1 Å². The van der Waals surface area contributed by atoms with Gasteiger partial charge in [0.25, 0.3) is 0 Å². The van der Waals surface area contributed by atoms with Crippen LogP contribution in [0.2, 0.25) is 0 Å². The molecule has 0 saturated carbocycles. The lowest BCUT2D eigenvalue weighted by atomic mass is 9.94. The second-order valence-corrected chi connectivity index (χ2v) is 16.6.